The van der Waals surface area contributed by atoms with Crippen molar-refractivity contribution in [1.82, 2.24) is 5.32 Å². The zero-order chi connectivity index (χ0) is 22.4. The molecule has 1 aromatic carbocycles. The molecule has 0 aliphatic heterocycles. The van der Waals surface area contributed by atoms with Crippen molar-refractivity contribution >= 4 is 24.6 Å². The lowest BCUT2D eigenvalue weighted by Gasteiger charge is -2.22. The van der Waals surface area contributed by atoms with E-state index in [1.807, 2.05) is 0 Å². The van der Waals surface area contributed by atoms with Gasteiger partial charge >= 0.3 is 25.4 Å². The van der Waals surface area contributed by atoms with E-state index in [9.17, 15) is 32.8 Å². The van der Waals surface area contributed by atoms with Crippen LogP contribution >= 0.6 is 0 Å². The highest BCUT2D eigenvalue weighted by Gasteiger charge is 2.32. The number of methoxy groups -OCH3 is 1. The summed E-state index contributed by atoms with van der Waals surface area (Å²) >= 11 is 0. The molecule has 1 aromatic rings. The predicted octanol–water partition coefficient (Wildman–Crippen LogP) is 1.77. The van der Waals surface area contributed by atoms with Gasteiger partial charge in [-0.15, -0.1) is 0 Å². The van der Waals surface area contributed by atoms with Gasteiger partial charge in [0, 0.05) is 0 Å². The number of alkyl halides is 3. The maximum Gasteiger partial charge on any atom is 0.488 e. The molecule has 0 heterocycles. The highest BCUT2D eigenvalue weighted by Crippen LogP contribution is 2.29. The van der Waals surface area contributed by atoms with Crippen LogP contribution in [0.4, 0.5) is 18.0 Å². The van der Waals surface area contributed by atoms with Gasteiger partial charge in [0.2, 0.25) is 0 Å². The van der Waals surface area contributed by atoms with Crippen LogP contribution in [0.2, 0.25) is 0 Å². The van der Waals surface area contributed by atoms with E-state index < -0.39 is 42.6 Å². The number of esters is 1. The van der Waals surface area contributed by atoms with Gasteiger partial charge in [-0.1, -0.05) is 12.1 Å². The maximum absolute atomic E-state index is 13.0. The minimum Gasteiger partial charge on any atom is -0.467 e. The first-order valence-electron chi connectivity index (χ1n) is 8.87. The molecule has 0 spiro atoms. The van der Waals surface area contributed by atoms with E-state index in [1.165, 1.54) is 6.07 Å². The summed E-state index contributed by atoms with van der Waals surface area (Å²) in [5.74, 6) is -0.716. The standard InChI is InChI=1S/C18H25BF3NO6/c1-17(2,3)29-16(25)23-14(15(24)28-4)7-5-6-11-8-12(18(20,21)22)10-13(9-11)19(26)27/h8-10,14,26-27H,5-7H2,1-4H3,(H,23,25)/t14-/m0/s1. The highest BCUT2D eigenvalue weighted by molar-refractivity contribution is 6.58. The Kier molecular flexibility index (Phi) is 8.52. The molecule has 0 unspecified atom stereocenters. The van der Waals surface area contributed by atoms with Crippen molar-refractivity contribution in [3.63, 3.8) is 0 Å². The third-order valence-electron chi connectivity index (χ3n) is 3.78. The molecule has 11 heteroatoms. The predicted molar refractivity (Wildman–Crippen MR) is 99.4 cm³/mol. The molecule has 0 aliphatic carbocycles. The number of alkyl carbamates (subject to hydrolysis) is 1. The topological polar surface area (TPSA) is 105 Å². The molecule has 162 valence electrons. The Hall–Kier alpha value is -2.27. The van der Waals surface area contributed by atoms with Gasteiger partial charge in [0.1, 0.15) is 11.6 Å². The van der Waals surface area contributed by atoms with Crippen molar-refractivity contribution in [2.75, 3.05) is 7.11 Å². The number of nitrogens with one attached hydrogen (secondary N) is 1. The number of hydrogen-bond donors (Lipinski definition) is 3. The van der Waals surface area contributed by atoms with Crippen molar-refractivity contribution < 1.29 is 42.3 Å². The Labute approximate surface area is 167 Å². The second-order valence-corrected chi connectivity index (χ2v) is 7.45. The lowest BCUT2D eigenvalue weighted by Crippen LogP contribution is -2.44. The Bertz CT molecular complexity index is 719. The minimum atomic E-state index is -4.65. The molecule has 1 rings (SSSR count). The molecule has 1 atom stereocenters. The van der Waals surface area contributed by atoms with E-state index in [2.05, 4.69) is 10.1 Å². The van der Waals surface area contributed by atoms with Crippen LogP contribution in [0.5, 0.6) is 0 Å². The number of halogens is 3. The van der Waals surface area contributed by atoms with E-state index in [0.717, 1.165) is 13.2 Å². The van der Waals surface area contributed by atoms with Gasteiger partial charge in [0.05, 0.1) is 12.7 Å². The third-order valence-corrected chi connectivity index (χ3v) is 3.78. The van der Waals surface area contributed by atoms with E-state index >= 15 is 0 Å². The van der Waals surface area contributed by atoms with Crippen molar-refractivity contribution in [3.8, 4) is 0 Å². The van der Waals surface area contributed by atoms with Crippen LogP contribution < -0.4 is 10.8 Å². The lowest BCUT2D eigenvalue weighted by atomic mass is 9.78. The number of rotatable bonds is 7. The maximum atomic E-state index is 13.0. The Balaban J connectivity index is 2.85. The number of amides is 1. The Morgan fingerprint density at radius 3 is 2.28 bits per heavy atom. The van der Waals surface area contributed by atoms with Crippen molar-refractivity contribution in [1.29, 1.82) is 0 Å². The highest BCUT2D eigenvalue weighted by atomic mass is 19.4. The molecular weight excluding hydrogens is 394 g/mol. The monoisotopic (exact) mass is 419 g/mol. The van der Waals surface area contributed by atoms with Crippen LogP contribution in [0.15, 0.2) is 18.2 Å². The van der Waals surface area contributed by atoms with E-state index in [0.29, 0.717) is 6.07 Å². The first-order valence-corrected chi connectivity index (χ1v) is 8.87. The molecule has 1 amide bonds. The summed E-state index contributed by atoms with van der Waals surface area (Å²) in [5.41, 5.74) is -1.85. The largest absolute Gasteiger partial charge is 0.488 e. The second kappa shape index (κ2) is 9.97. The van der Waals surface area contributed by atoms with Crippen LogP contribution in [0.3, 0.4) is 0 Å². The number of carbonyl (C=O) groups is 2. The van der Waals surface area contributed by atoms with Crippen molar-refractivity contribution in [2.24, 2.45) is 0 Å². The van der Waals surface area contributed by atoms with Gasteiger partial charge in [-0.05, 0) is 57.1 Å². The average molecular weight is 419 g/mol. The molecule has 0 bridgehead atoms. The summed E-state index contributed by atoms with van der Waals surface area (Å²) < 4.78 is 48.7. The van der Waals surface area contributed by atoms with Gasteiger partial charge in [-0.2, -0.15) is 13.2 Å². The Morgan fingerprint density at radius 2 is 1.79 bits per heavy atom. The van der Waals surface area contributed by atoms with Crippen molar-refractivity contribution in [2.45, 2.75) is 57.9 Å². The number of ether oxygens (including phenoxy) is 2. The second-order valence-electron chi connectivity index (χ2n) is 7.45. The molecule has 0 saturated heterocycles. The molecule has 7 nitrogen and oxygen atoms in total. The molecule has 0 saturated carbocycles. The SMILES string of the molecule is COC(=O)[C@H](CCCc1cc(B(O)O)cc(C(F)(F)F)c1)NC(=O)OC(C)(C)C. The van der Waals surface area contributed by atoms with Crippen LogP contribution in [0, 0.1) is 0 Å². The van der Waals surface area contributed by atoms with Gasteiger partial charge in [0.25, 0.3) is 0 Å². The normalized spacial score (nSPS) is 12.9. The summed E-state index contributed by atoms with van der Waals surface area (Å²) in [5, 5.41) is 20.8. The molecule has 3 N–H and O–H groups in total. The fourth-order valence-corrected chi connectivity index (χ4v) is 2.53. The van der Waals surface area contributed by atoms with Crippen LogP contribution in [0.1, 0.15) is 44.7 Å². The fourth-order valence-electron chi connectivity index (χ4n) is 2.53. The molecule has 29 heavy (non-hydrogen) atoms. The van der Waals surface area contributed by atoms with Crippen LogP contribution in [-0.4, -0.2) is 48.0 Å². The smallest absolute Gasteiger partial charge is 0.467 e. The third kappa shape index (κ3) is 8.74. The number of carbonyl (C=O) groups excluding carboxylic acids is 2. The Morgan fingerprint density at radius 1 is 1.17 bits per heavy atom. The van der Waals surface area contributed by atoms with E-state index in [4.69, 9.17) is 4.74 Å². The molecular formula is C18H25BF3NO6. The number of aryl methyl sites for hydroxylation is 1. The summed E-state index contributed by atoms with van der Waals surface area (Å²) in [6.45, 7) is 4.96. The van der Waals surface area contributed by atoms with Gasteiger partial charge in [0.15, 0.2) is 0 Å². The number of hydrogen-bond acceptors (Lipinski definition) is 6. The zero-order valence-electron chi connectivity index (χ0n) is 16.7. The van der Waals surface area contributed by atoms with Gasteiger partial charge in [-0.25, -0.2) is 9.59 Å². The quantitative estimate of drug-likeness (QED) is 0.460. The summed E-state index contributed by atoms with van der Waals surface area (Å²) in [6.07, 6.45) is -5.06. The van der Waals surface area contributed by atoms with Gasteiger partial charge < -0.3 is 24.8 Å². The fraction of sp³-hybridized carbons (Fsp3) is 0.556. The molecule has 0 fully saturated rings. The van der Waals surface area contributed by atoms with Crippen LogP contribution in [-0.2, 0) is 26.9 Å². The van der Waals surface area contributed by atoms with Gasteiger partial charge in [-0.3, -0.25) is 0 Å². The minimum absolute atomic E-state index is 0.0825. The first-order chi connectivity index (χ1) is 13.2. The van der Waals surface area contributed by atoms with E-state index in [-0.39, 0.29) is 30.3 Å². The van der Waals surface area contributed by atoms with E-state index in [1.54, 1.807) is 20.8 Å². The zero-order valence-corrected chi connectivity index (χ0v) is 16.7. The number of benzene rings is 1. The first kappa shape index (κ1) is 24.8. The average Bonchev–Trinajstić information content (AvgIpc) is 2.57. The lowest BCUT2D eigenvalue weighted by molar-refractivity contribution is -0.143. The molecule has 0 aliphatic rings. The van der Waals surface area contributed by atoms with Crippen LogP contribution in [0.25, 0.3) is 0 Å². The molecule has 0 radical (unpaired) electrons. The summed E-state index contributed by atoms with van der Waals surface area (Å²) in [7, 11) is -0.902. The molecule has 0 aromatic heterocycles. The van der Waals surface area contributed by atoms with Crippen molar-refractivity contribution in [3.05, 3.63) is 29.3 Å². The summed E-state index contributed by atoms with van der Waals surface area (Å²) in [4.78, 5) is 23.8. The summed E-state index contributed by atoms with van der Waals surface area (Å²) in [6, 6.07) is 1.77.